The normalized spacial score (nSPS) is 11.8. The molecular weight excluding hydrogens is 342 g/mol. The van der Waals surface area contributed by atoms with E-state index in [9.17, 15) is 4.79 Å². The molecule has 0 saturated heterocycles. The number of benzene rings is 2. The minimum atomic E-state index is -0.0170. The third-order valence-corrected chi connectivity index (χ3v) is 4.49. The van der Waals surface area contributed by atoms with E-state index >= 15 is 0 Å². The van der Waals surface area contributed by atoms with Crippen LogP contribution >= 0.6 is 12.2 Å². The predicted molar refractivity (Wildman–Crippen MR) is 113 cm³/mol. The molecule has 2 rings (SSSR count). The molecule has 1 unspecified atom stereocenters. The van der Waals surface area contributed by atoms with Gasteiger partial charge in [0.2, 0.25) is 0 Å². The van der Waals surface area contributed by atoms with Crippen molar-refractivity contribution in [1.82, 2.24) is 10.2 Å². The van der Waals surface area contributed by atoms with Crippen molar-refractivity contribution in [3.63, 3.8) is 0 Å². The van der Waals surface area contributed by atoms with E-state index < -0.39 is 0 Å². The second-order valence-corrected chi connectivity index (χ2v) is 7.36. The molecule has 2 N–H and O–H groups in total. The highest BCUT2D eigenvalue weighted by Gasteiger charge is 2.18. The van der Waals surface area contributed by atoms with E-state index in [2.05, 4.69) is 49.6 Å². The lowest BCUT2D eigenvalue weighted by Crippen LogP contribution is -2.35. The van der Waals surface area contributed by atoms with Crippen molar-refractivity contribution in [2.24, 2.45) is 5.92 Å². The van der Waals surface area contributed by atoms with Crippen molar-refractivity contribution in [2.45, 2.75) is 26.8 Å². The topological polar surface area (TPSA) is 44.4 Å². The molecule has 0 heterocycles. The molecule has 1 amide bonds. The summed E-state index contributed by atoms with van der Waals surface area (Å²) in [6.45, 7) is 6.46. The molecule has 26 heavy (non-hydrogen) atoms. The van der Waals surface area contributed by atoms with Crippen molar-refractivity contribution in [1.29, 1.82) is 0 Å². The van der Waals surface area contributed by atoms with Crippen molar-refractivity contribution in [2.75, 3.05) is 19.4 Å². The van der Waals surface area contributed by atoms with Crippen LogP contribution < -0.4 is 10.6 Å². The largest absolute Gasteiger partial charge is 0.355 e. The summed E-state index contributed by atoms with van der Waals surface area (Å²) in [5.74, 6) is 0.368. The monoisotopic (exact) mass is 369 g/mol. The number of nitrogens with one attached hydrogen (secondary N) is 2. The van der Waals surface area contributed by atoms with E-state index in [4.69, 9.17) is 12.2 Å². The first kappa shape index (κ1) is 19.9. The zero-order valence-electron chi connectivity index (χ0n) is 16.0. The van der Waals surface area contributed by atoms with Crippen molar-refractivity contribution in [3.8, 4) is 0 Å². The van der Waals surface area contributed by atoms with Gasteiger partial charge < -0.3 is 15.5 Å². The number of thiocarbonyl (C=S) groups is 1. The van der Waals surface area contributed by atoms with Gasteiger partial charge in [0.1, 0.15) is 0 Å². The molecule has 0 aliphatic rings. The van der Waals surface area contributed by atoms with Crippen LogP contribution in [0.15, 0.2) is 48.5 Å². The van der Waals surface area contributed by atoms with Crippen LogP contribution in [0.5, 0.6) is 0 Å². The first-order valence-corrected chi connectivity index (χ1v) is 9.15. The van der Waals surface area contributed by atoms with E-state index in [1.165, 1.54) is 11.1 Å². The van der Waals surface area contributed by atoms with E-state index in [0.717, 1.165) is 5.69 Å². The number of rotatable bonds is 5. The Morgan fingerprint density at radius 1 is 1.04 bits per heavy atom. The molecule has 0 radical (unpaired) electrons. The lowest BCUT2D eigenvalue weighted by molar-refractivity contribution is 0.0827. The van der Waals surface area contributed by atoms with Gasteiger partial charge in [-0.1, -0.05) is 38.1 Å². The predicted octanol–water partition coefficient (Wildman–Crippen LogP) is 4.38. The summed E-state index contributed by atoms with van der Waals surface area (Å²) in [5.41, 5.74) is 4.00. The zero-order chi connectivity index (χ0) is 19.3. The van der Waals surface area contributed by atoms with Crippen LogP contribution in [0.4, 0.5) is 5.69 Å². The van der Waals surface area contributed by atoms with Crippen LogP contribution in [0.3, 0.4) is 0 Å². The third-order valence-electron chi connectivity index (χ3n) is 4.27. The molecule has 5 heteroatoms. The van der Waals surface area contributed by atoms with Crippen molar-refractivity contribution in [3.05, 3.63) is 65.2 Å². The van der Waals surface area contributed by atoms with E-state index in [0.29, 0.717) is 16.6 Å². The van der Waals surface area contributed by atoms with Gasteiger partial charge in [-0.25, -0.2) is 0 Å². The molecule has 2 aromatic carbocycles. The number of hydrogen-bond acceptors (Lipinski definition) is 2. The second-order valence-electron chi connectivity index (χ2n) is 6.95. The maximum absolute atomic E-state index is 12.0. The van der Waals surface area contributed by atoms with Gasteiger partial charge in [-0.15, -0.1) is 0 Å². The number of nitrogens with zero attached hydrogens (tertiary/aromatic N) is 1. The van der Waals surface area contributed by atoms with Gasteiger partial charge in [-0.05, 0) is 60.5 Å². The Bertz CT molecular complexity index is 769. The fraction of sp³-hybridized carbons (Fsp3) is 0.333. The SMILES string of the molecule is Cc1ccccc1C(NC(=S)Nc1ccc(C(=O)N(C)C)cc1)C(C)C. The van der Waals surface area contributed by atoms with Gasteiger partial charge in [0.15, 0.2) is 5.11 Å². The number of carbonyl (C=O) groups is 1. The Balaban J connectivity index is 2.07. The van der Waals surface area contributed by atoms with Gasteiger partial charge in [0.25, 0.3) is 5.91 Å². The average Bonchev–Trinajstić information content (AvgIpc) is 2.60. The lowest BCUT2D eigenvalue weighted by atomic mass is 9.93. The Hall–Kier alpha value is -2.40. The van der Waals surface area contributed by atoms with Crippen LogP contribution in [0.2, 0.25) is 0 Å². The maximum atomic E-state index is 12.0. The number of amides is 1. The molecular formula is C21H27N3OS. The zero-order valence-corrected chi connectivity index (χ0v) is 16.9. The Labute approximate surface area is 161 Å². The summed E-state index contributed by atoms with van der Waals surface area (Å²) in [5, 5.41) is 7.20. The molecule has 0 spiro atoms. The summed E-state index contributed by atoms with van der Waals surface area (Å²) >= 11 is 5.50. The standard InChI is InChI=1S/C21H27N3OS/c1-14(2)19(18-9-7-6-8-15(18)3)23-21(26)22-17-12-10-16(11-13-17)20(25)24(4)5/h6-14,19H,1-5H3,(H2,22,23,26). The van der Waals surface area contributed by atoms with E-state index in [1.807, 2.05) is 18.2 Å². The molecule has 1 atom stereocenters. The first-order valence-electron chi connectivity index (χ1n) is 8.74. The van der Waals surface area contributed by atoms with Crippen LogP contribution in [-0.2, 0) is 0 Å². The highest BCUT2D eigenvalue weighted by molar-refractivity contribution is 7.80. The minimum Gasteiger partial charge on any atom is -0.355 e. The molecule has 0 aliphatic carbocycles. The second kappa shape index (κ2) is 8.81. The summed E-state index contributed by atoms with van der Waals surface area (Å²) < 4.78 is 0. The van der Waals surface area contributed by atoms with E-state index in [-0.39, 0.29) is 11.9 Å². The summed E-state index contributed by atoms with van der Waals surface area (Å²) in [6, 6.07) is 15.8. The fourth-order valence-corrected chi connectivity index (χ4v) is 3.05. The molecule has 0 saturated carbocycles. The van der Waals surface area contributed by atoms with Crippen molar-refractivity contribution < 1.29 is 4.79 Å². The van der Waals surface area contributed by atoms with Crippen LogP contribution in [-0.4, -0.2) is 30.0 Å². The quantitative estimate of drug-likeness (QED) is 0.768. The number of anilines is 1. The van der Waals surface area contributed by atoms with Gasteiger partial charge in [0.05, 0.1) is 6.04 Å². The number of aryl methyl sites for hydroxylation is 1. The van der Waals surface area contributed by atoms with Gasteiger partial charge in [-0.3, -0.25) is 4.79 Å². The summed E-state index contributed by atoms with van der Waals surface area (Å²) in [4.78, 5) is 13.5. The highest BCUT2D eigenvalue weighted by atomic mass is 32.1. The molecule has 2 aromatic rings. The molecule has 0 aliphatic heterocycles. The van der Waals surface area contributed by atoms with Crippen LogP contribution in [0.1, 0.15) is 41.4 Å². The van der Waals surface area contributed by atoms with Gasteiger partial charge in [0, 0.05) is 25.3 Å². The maximum Gasteiger partial charge on any atom is 0.253 e. The number of carbonyl (C=O) groups excluding carboxylic acids is 1. The molecule has 0 fully saturated rings. The van der Waals surface area contributed by atoms with Crippen LogP contribution in [0, 0.1) is 12.8 Å². The summed E-state index contributed by atoms with van der Waals surface area (Å²) in [6.07, 6.45) is 0. The van der Waals surface area contributed by atoms with Gasteiger partial charge >= 0.3 is 0 Å². The van der Waals surface area contributed by atoms with Crippen LogP contribution in [0.25, 0.3) is 0 Å². The summed E-state index contributed by atoms with van der Waals surface area (Å²) in [7, 11) is 3.48. The Morgan fingerprint density at radius 2 is 1.65 bits per heavy atom. The number of hydrogen-bond donors (Lipinski definition) is 2. The van der Waals surface area contributed by atoms with Gasteiger partial charge in [-0.2, -0.15) is 0 Å². The molecule has 138 valence electrons. The third kappa shape index (κ3) is 5.05. The highest BCUT2D eigenvalue weighted by Crippen LogP contribution is 2.24. The molecule has 0 bridgehead atoms. The minimum absolute atomic E-state index is 0.0170. The van der Waals surface area contributed by atoms with E-state index in [1.54, 1.807) is 31.1 Å². The lowest BCUT2D eigenvalue weighted by Gasteiger charge is -2.26. The molecule has 0 aromatic heterocycles. The fourth-order valence-electron chi connectivity index (χ4n) is 2.80. The Kier molecular flexibility index (Phi) is 6.75. The Morgan fingerprint density at radius 3 is 2.19 bits per heavy atom. The smallest absolute Gasteiger partial charge is 0.253 e. The first-order chi connectivity index (χ1) is 12.3. The van der Waals surface area contributed by atoms with Crippen molar-refractivity contribution >= 4 is 28.9 Å². The molecule has 4 nitrogen and oxygen atoms in total. The average molecular weight is 370 g/mol.